The molecule has 0 saturated carbocycles. The van der Waals surface area contributed by atoms with Crippen LogP contribution < -0.4 is 21.3 Å². The number of rotatable bonds is 15. The first kappa shape index (κ1) is 29.1. The Morgan fingerprint density at radius 2 is 1.43 bits per heavy atom. The average molecular weight is 524 g/mol. The predicted octanol–water partition coefficient (Wildman–Crippen LogP) is -4.05. The predicted molar refractivity (Wildman–Crippen MR) is 120 cm³/mol. The van der Waals surface area contributed by atoms with Gasteiger partial charge >= 0.3 is 5.97 Å². The Hall–Kier alpha value is -4.18. The molecule has 1 saturated heterocycles. The lowest BCUT2D eigenvalue weighted by molar-refractivity contribution is -0.197. The Bertz CT molecular complexity index is 947. The summed E-state index contributed by atoms with van der Waals surface area (Å²) in [4.78, 5) is 98.2. The molecule has 16 nitrogen and oxygen atoms in total. The second-order valence-corrected chi connectivity index (χ2v) is 7.89. The van der Waals surface area contributed by atoms with E-state index in [1.165, 1.54) is 0 Å². The van der Waals surface area contributed by atoms with E-state index in [2.05, 4.69) is 26.1 Å². The van der Waals surface area contributed by atoms with E-state index >= 15 is 0 Å². The number of hydroxylamine groups is 2. The first-order valence-corrected chi connectivity index (χ1v) is 11.4. The number of hydrogen-bond donors (Lipinski definition) is 5. The molecule has 0 aromatic rings. The summed E-state index contributed by atoms with van der Waals surface area (Å²) in [6, 6.07) is 0. The third-order valence-corrected chi connectivity index (χ3v) is 4.98. The highest BCUT2D eigenvalue weighted by Crippen LogP contribution is 2.12. The van der Waals surface area contributed by atoms with Gasteiger partial charge in [-0.1, -0.05) is 0 Å². The Morgan fingerprint density at radius 1 is 0.865 bits per heavy atom. The fourth-order valence-electron chi connectivity index (χ4n) is 3.05. The van der Waals surface area contributed by atoms with E-state index < -0.39 is 60.1 Å². The maximum absolute atomic E-state index is 11.8. The lowest BCUT2D eigenvalue weighted by Crippen LogP contribution is -2.46. The van der Waals surface area contributed by atoms with Crippen LogP contribution in [-0.2, 0) is 43.2 Å². The van der Waals surface area contributed by atoms with Gasteiger partial charge in [0.2, 0.25) is 17.7 Å². The molecule has 1 atom stereocenters. The molecule has 5 N–H and O–H groups in total. The number of carbonyl (C=O) groups is 8. The van der Waals surface area contributed by atoms with Crippen molar-refractivity contribution < 1.29 is 48.3 Å². The molecule has 37 heavy (non-hydrogen) atoms. The van der Waals surface area contributed by atoms with Crippen LogP contribution in [0.4, 0.5) is 0 Å². The maximum Gasteiger partial charge on any atom is 0.334 e. The molecule has 2 aliphatic rings. The van der Waals surface area contributed by atoms with Crippen LogP contribution in [-0.4, -0.2) is 101 Å². The van der Waals surface area contributed by atoms with E-state index in [1.54, 1.807) is 0 Å². The average Bonchev–Trinajstić information content (AvgIpc) is 3.35. The lowest BCUT2D eigenvalue weighted by Gasteiger charge is -2.15. The number of hydrogen-bond acceptors (Lipinski definition) is 11. The molecular weight excluding hydrogens is 496 g/mol. The maximum atomic E-state index is 11.8. The molecule has 16 heteroatoms. The quantitative estimate of drug-likeness (QED) is 0.102. The molecule has 2 heterocycles. The van der Waals surface area contributed by atoms with Crippen molar-refractivity contribution in [3.05, 3.63) is 12.2 Å². The van der Waals surface area contributed by atoms with Gasteiger partial charge in [-0.25, -0.2) is 4.79 Å². The van der Waals surface area contributed by atoms with Crippen molar-refractivity contribution in [1.82, 2.24) is 31.2 Å². The first-order valence-electron chi connectivity index (χ1n) is 11.4. The lowest BCUT2D eigenvalue weighted by atomic mass is 10.2. The van der Waals surface area contributed by atoms with Crippen molar-refractivity contribution in [2.75, 3.05) is 32.7 Å². The van der Waals surface area contributed by atoms with Gasteiger partial charge in [-0.2, -0.15) is 0 Å². The van der Waals surface area contributed by atoms with Crippen molar-refractivity contribution in [3.63, 3.8) is 0 Å². The normalized spacial score (nSPS) is 15.7. The minimum atomic E-state index is -1.23. The van der Waals surface area contributed by atoms with Gasteiger partial charge in [0.15, 0.2) is 0 Å². The van der Waals surface area contributed by atoms with Gasteiger partial charge in [-0.15, -0.1) is 5.06 Å². The number of amides is 7. The minimum absolute atomic E-state index is 0.0120. The van der Waals surface area contributed by atoms with Crippen LogP contribution in [0.1, 0.15) is 32.1 Å². The van der Waals surface area contributed by atoms with Crippen LogP contribution >= 0.6 is 0 Å². The molecule has 0 radical (unpaired) electrons. The Kier molecular flexibility index (Phi) is 11.3. The zero-order valence-corrected chi connectivity index (χ0v) is 19.8. The molecule has 7 amide bonds. The van der Waals surface area contributed by atoms with Crippen molar-refractivity contribution in [2.24, 2.45) is 0 Å². The van der Waals surface area contributed by atoms with E-state index in [0.717, 1.165) is 17.1 Å². The summed E-state index contributed by atoms with van der Waals surface area (Å²) in [5.41, 5.74) is 0. The molecule has 1 unspecified atom stereocenters. The van der Waals surface area contributed by atoms with Gasteiger partial charge < -0.3 is 25.9 Å². The molecule has 0 aromatic heterocycles. The van der Waals surface area contributed by atoms with E-state index in [0.29, 0.717) is 5.06 Å². The van der Waals surface area contributed by atoms with E-state index in [4.69, 9.17) is 0 Å². The van der Waals surface area contributed by atoms with Crippen LogP contribution in [0.15, 0.2) is 12.2 Å². The van der Waals surface area contributed by atoms with Crippen molar-refractivity contribution >= 4 is 47.3 Å². The monoisotopic (exact) mass is 524 g/mol. The SMILES string of the molecule is O=C(CCCN1C(=O)C=CC1=O)NCC(=O)NCC(=O)NCC(O)NCCC(=O)ON1C(=O)CCC1=O. The van der Waals surface area contributed by atoms with E-state index in [1.807, 2.05) is 0 Å². The Balaban J connectivity index is 1.48. The molecular formula is C21H28N6O10. The summed E-state index contributed by atoms with van der Waals surface area (Å²) < 4.78 is 0. The first-order chi connectivity index (χ1) is 17.6. The molecule has 2 rings (SSSR count). The summed E-state index contributed by atoms with van der Waals surface area (Å²) in [7, 11) is 0. The number of imide groups is 2. The summed E-state index contributed by atoms with van der Waals surface area (Å²) in [6.07, 6.45) is 0.966. The Morgan fingerprint density at radius 3 is 2.05 bits per heavy atom. The van der Waals surface area contributed by atoms with E-state index in [-0.39, 0.29) is 58.3 Å². The van der Waals surface area contributed by atoms with E-state index in [9.17, 15) is 43.5 Å². The van der Waals surface area contributed by atoms with Crippen molar-refractivity contribution in [2.45, 2.75) is 38.3 Å². The van der Waals surface area contributed by atoms with Gasteiger partial charge in [-0.05, 0) is 6.42 Å². The fraction of sp³-hybridized carbons (Fsp3) is 0.524. The molecule has 0 aliphatic carbocycles. The van der Waals surface area contributed by atoms with Crippen LogP contribution in [0.25, 0.3) is 0 Å². The molecule has 202 valence electrons. The standard InChI is InChI=1S/C21H28N6O10/c28-13(2-1-9-26-17(32)3-4-18(26)33)23-11-15(30)25-12-16(31)24-10-14(29)22-8-7-21(36)37-27-19(34)5-6-20(27)35/h3-4,14,22,29H,1-2,5-12H2,(H,23,28)(H,24,31)(H,25,30). The third kappa shape index (κ3) is 10.1. The molecule has 0 aromatic carbocycles. The molecule has 2 aliphatic heterocycles. The number of aliphatic hydroxyl groups is 1. The number of aliphatic hydroxyl groups excluding tert-OH is 1. The second-order valence-electron chi connectivity index (χ2n) is 7.89. The van der Waals surface area contributed by atoms with Gasteiger partial charge in [0, 0.05) is 44.5 Å². The second kappa shape index (κ2) is 14.4. The number of nitrogens with zero attached hydrogens (tertiary/aromatic N) is 2. The fourth-order valence-corrected chi connectivity index (χ4v) is 3.05. The highest BCUT2D eigenvalue weighted by Gasteiger charge is 2.32. The zero-order chi connectivity index (χ0) is 27.4. The highest BCUT2D eigenvalue weighted by molar-refractivity contribution is 6.12. The Labute approximate surface area is 210 Å². The minimum Gasteiger partial charge on any atom is -0.377 e. The smallest absolute Gasteiger partial charge is 0.334 e. The van der Waals surface area contributed by atoms with Gasteiger partial charge in [-0.3, -0.25) is 43.8 Å². The molecule has 0 spiro atoms. The topological polar surface area (TPSA) is 221 Å². The summed E-state index contributed by atoms with van der Waals surface area (Å²) in [6.45, 7) is -1.04. The largest absolute Gasteiger partial charge is 0.377 e. The van der Waals surface area contributed by atoms with Crippen LogP contribution in [0.3, 0.4) is 0 Å². The van der Waals surface area contributed by atoms with Gasteiger partial charge in [0.1, 0.15) is 6.23 Å². The van der Waals surface area contributed by atoms with Crippen molar-refractivity contribution in [3.8, 4) is 0 Å². The van der Waals surface area contributed by atoms with Crippen molar-refractivity contribution in [1.29, 1.82) is 0 Å². The zero-order valence-electron chi connectivity index (χ0n) is 19.8. The number of nitrogens with one attached hydrogen (secondary N) is 4. The molecule has 1 fully saturated rings. The summed E-state index contributed by atoms with van der Waals surface area (Å²) in [5, 5.41) is 19.7. The van der Waals surface area contributed by atoms with Crippen LogP contribution in [0.5, 0.6) is 0 Å². The highest BCUT2D eigenvalue weighted by atomic mass is 16.7. The van der Waals surface area contributed by atoms with Crippen LogP contribution in [0.2, 0.25) is 0 Å². The number of carbonyl (C=O) groups excluding carboxylic acids is 8. The van der Waals surface area contributed by atoms with Gasteiger partial charge in [0.25, 0.3) is 23.6 Å². The van der Waals surface area contributed by atoms with Gasteiger partial charge in [0.05, 0.1) is 26.1 Å². The van der Waals surface area contributed by atoms with Crippen LogP contribution in [0, 0.1) is 0 Å². The third-order valence-electron chi connectivity index (χ3n) is 4.98. The summed E-state index contributed by atoms with van der Waals surface area (Å²) in [5.74, 6) is -4.68. The summed E-state index contributed by atoms with van der Waals surface area (Å²) >= 11 is 0. The molecule has 0 bridgehead atoms.